The second-order valence-electron chi connectivity index (χ2n) is 6.28. The van der Waals surface area contributed by atoms with Crippen LogP contribution in [0.15, 0.2) is 70.2 Å². The van der Waals surface area contributed by atoms with Gasteiger partial charge in [0.05, 0.1) is 13.3 Å². The van der Waals surface area contributed by atoms with Crippen molar-refractivity contribution in [3.63, 3.8) is 0 Å². The number of benzene rings is 3. The minimum absolute atomic E-state index is 0.107. The first-order valence-corrected chi connectivity index (χ1v) is 9.73. The Hall–Kier alpha value is -3.72. The number of hydrogen-bond acceptors (Lipinski definition) is 5. The molecule has 0 aliphatic heterocycles. The molecule has 0 aliphatic carbocycles. The molecule has 2 amide bonds. The molecule has 0 saturated heterocycles. The van der Waals surface area contributed by atoms with Crippen molar-refractivity contribution in [2.24, 2.45) is 5.10 Å². The molecule has 0 unspecified atom stereocenters. The van der Waals surface area contributed by atoms with Crippen LogP contribution >= 0.6 is 15.9 Å². The van der Waals surface area contributed by atoms with Crippen molar-refractivity contribution in [2.45, 2.75) is 0 Å². The second-order valence-corrected chi connectivity index (χ2v) is 7.20. The third kappa shape index (κ3) is 5.67. The molecule has 0 heterocycles. The van der Waals surface area contributed by atoms with E-state index in [4.69, 9.17) is 4.74 Å². The fraction of sp³-hybridized carbons (Fsp3) is 0.0455. The van der Waals surface area contributed by atoms with Crippen molar-refractivity contribution in [1.82, 2.24) is 5.43 Å². The van der Waals surface area contributed by atoms with Crippen molar-refractivity contribution in [2.75, 3.05) is 12.4 Å². The number of phenols is 1. The molecule has 3 rings (SSSR count). The van der Waals surface area contributed by atoms with Crippen LogP contribution in [-0.2, 0) is 0 Å². The largest absolute Gasteiger partial charge is 0.504 e. The lowest BCUT2D eigenvalue weighted by Gasteiger charge is -2.07. The molecule has 0 spiro atoms. The summed E-state index contributed by atoms with van der Waals surface area (Å²) < 4.78 is 18.7. The molecule has 3 aromatic carbocycles. The summed E-state index contributed by atoms with van der Waals surface area (Å²) in [5.41, 5.74) is 3.81. The monoisotopic (exact) mass is 485 g/mol. The lowest BCUT2D eigenvalue weighted by atomic mass is 10.1. The molecule has 0 atom stereocenters. The van der Waals surface area contributed by atoms with Gasteiger partial charge >= 0.3 is 0 Å². The van der Waals surface area contributed by atoms with Crippen LogP contribution in [0.1, 0.15) is 26.3 Å². The zero-order chi connectivity index (χ0) is 22.4. The zero-order valence-corrected chi connectivity index (χ0v) is 17.8. The number of rotatable bonds is 6. The first kappa shape index (κ1) is 22.0. The molecular formula is C22H17BrFN3O4. The highest BCUT2D eigenvalue weighted by molar-refractivity contribution is 9.10. The zero-order valence-electron chi connectivity index (χ0n) is 16.2. The van der Waals surface area contributed by atoms with E-state index in [9.17, 15) is 19.1 Å². The summed E-state index contributed by atoms with van der Waals surface area (Å²) in [6.45, 7) is 0. The Morgan fingerprint density at radius 2 is 1.65 bits per heavy atom. The third-order valence-electron chi connectivity index (χ3n) is 4.17. The number of halogens is 2. The number of hydrogen-bond donors (Lipinski definition) is 3. The SMILES string of the molecule is COc1cc(Br)cc(/C=N\NC(=O)c2ccc(NC(=O)c3ccc(F)cc3)cc2)c1O. The van der Waals surface area contributed by atoms with Crippen molar-refractivity contribution in [3.05, 3.63) is 87.6 Å². The summed E-state index contributed by atoms with van der Waals surface area (Å²) in [7, 11) is 1.43. The number of amides is 2. The Morgan fingerprint density at radius 3 is 2.29 bits per heavy atom. The third-order valence-corrected chi connectivity index (χ3v) is 4.63. The van der Waals surface area contributed by atoms with Gasteiger partial charge in [-0.2, -0.15) is 5.10 Å². The predicted octanol–water partition coefficient (Wildman–Crippen LogP) is 4.32. The van der Waals surface area contributed by atoms with Gasteiger partial charge in [0.15, 0.2) is 11.5 Å². The Balaban J connectivity index is 1.62. The van der Waals surface area contributed by atoms with Gasteiger partial charge in [-0.25, -0.2) is 9.82 Å². The molecule has 0 aromatic heterocycles. The number of carbonyl (C=O) groups excluding carboxylic acids is 2. The molecule has 3 aromatic rings. The van der Waals surface area contributed by atoms with E-state index in [1.807, 2.05) is 0 Å². The van der Waals surface area contributed by atoms with E-state index in [1.165, 1.54) is 49.7 Å². The van der Waals surface area contributed by atoms with E-state index < -0.39 is 17.6 Å². The van der Waals surface area contributed by atoms with Gasteiger partial charge in [-0.3, -0.25) is 9.59 Å². The number of phenolic OH excluding ortho intramolecular Hbond substituents is 1. The average molecular weight is 486 g/mol. The molecule has 0 aliphatic rings. The quantitative estimate of drug-likeness (QED) is 0.357. The van der Waals surface area contributed by atoms with Crippen LogP contribution in [0, 0.1) is 5.82 Å². The van der Waals surface area contributed by atoms with Crippen LogP contribution < -0.4 is 15.5 Å². The van der Waals surface area contributed by atoms with Crippen LogP contribution in [0.5, 0.6) is 11.5 Å². The standard InChI is InChI=1S/C22H17BrFN3O4/c1-31-19-11-16(23)10-15(20(19)28)12-25-27-22(30)14-4-8-18(9-5-14)26-21(29)13-2-6-17(24)7-3-13/h2-12,28H,1H3,(H,26,29)(H,27,30)/b25-12-. The number of carbonyl (C=O) groups is 2. The Kier molecular flexibility index (Phi) is 6.99. The van der Waals surface area contributed by atoms with Crippen molar-refractivity contribution in [1.29, 1.82) is 0 Å². The highest BCUT2D eigenvalue weighted by Crippen LogP contribution is 2.32. The van der Waals surface area contributed by atoms with Crippen LogP contribution in [0.25, 0.3) is 0 Å². The van der Waals surface area contributed by atoms with E-state index >= 15 is 0 Å². The maximum atomic E-state index is 13.0. The van der Waals surface area contributed by atoms with Gasteiger partial charge in [0.1, 0.15) is 5.82 Å². The van der Waals surface area contributed by atoms with Gasteiger partial charge in [0.2, 0.25) is 0 Å². The van der Waals surface area contributed by atoms with Crippen LogP contribution in [0.3, 0.4) is 0 Å². The van der Waals surface area contributed by atoms with Crippen LogP contribution in [-0.4, -0.2) is 30.2 Å². The highest BCUT2D eigenvalue weighted by Gasteiger charge is 2.10. The van der Waals surface area contributed by atoms with E-state index in [0.29, 0.717) is 26.9 Å². The Bertz CT molecular complexity index is 1130. The predicted molar refractivity (Wildman–Crippen MR) is 118 cm³/mol. The smallest absolute Gasteiger partial charge is 0.271 e. The molecule has 0 radical (unpaired) electrons. The van der Waals surface area contributed by atoms with Crippen molar-refractivity contribution < 1.29 is 23.8 Å². The lowest BCUT2D eigenvalue weighted by Crippen LogP contribution is -2.18. The first-order chi connectivity index (χ1) is 14.9. The molecule has 31 heavy (non-hydrogen) atoms. The van der Waals surface area contributed by atoms with E-state index in [-0.39, 0.29) is 11.5 Å². The van der Waals surface area contributed by atoms with Crippen LogP contribution in [0.2, 0.25) is 0 Å². The summed E-state index contributed by atoms with van der Waals surface area (Å²) >= 11 is 3.30. The minimum atomic E-state index is -0.478. The van der Waals surface area contributed by atoms with E-state index in [0.717, 1.165) is 0 Å². The number of anilines is 1. The molecule has 0 bridgehead atoms. The summed E-state index contributed by atoms with van der Waals surface area (Å²) in [5.74, 6) is -1.14. The summed E-state index contributed by atoms with van der Waals surface area (Å²) in [5, 5.41) is 16.6. The van der Waals surface area contributed by atoms with Crippen LogP contribution in [0.4, 0.5) is 10.1 Å². The fourth-order valence-corrected chi connectivity index (χ4v) is 3.04. The minimum Gasteiger partial charge on any atom is -0.504 e. The van der Waals surface area contributed by atoms with Gasteiger partial charge in [-0.1, -0.05) is 15.9 Å². The lowest BCUT2D eigenvalue weighted by molar-refractivity contribution is 0.0954. The van der Waals surface area contributed by atoms with E-state index in [1.54, 1.807) is 24.3 Å². The fourth-order valence-electron chi connectivity index (χ4n) is 2.58. The molecule has 0 fully saturated rings. The summed E-state index contributed by atoms with van der Waals surface area (Å²) in [4.78, 5) is 24.4. The number of methoxy groups -OCH3 is 1. The maximum Gasteiger partial charge on any atom is 0.271 e. The Morgan fingerprint density at radius 1 is 1.03 bits per heavy atom. The van der Waals surface area contributed by atoms with Gasteiger partial charge in [-0.15, -0.1) is 0 Å². The summed E-state index contributed by atoms with van der Waals surface area (Å²) in [6, 6.07) is 14.5. The molecule has 7 nitrogen and oxygen atoms in total. The average Bonchev–Trinajstić information content (AvgIpc) is 2.76. The second kappa shape index (κ2) is 9.86. The molecule has 158 valence electrons. The number of hydrazone groups is 1. The topological polar surface area (TPSA) is 100 Å². The van der Waals surface area contributed by atoms with E-state index in [2.05, 4.69) is 31.8 Å². The molecule has 9 heteroatoms. The van der Waals surface area contributed by atoms with Gasteiger partial charge in [0, 0.05) is 26.9 Å². The van der Waals surface area contributed by atoms with Crippen molar-refractivity contribution in [3.8, 4) is 11.5 Å². The normalized spacial score (nSPS) is 10.7. The molecule has 3 N–H and O–H groups in total. The van der Waals surface area contributed by atoms with Gasteiger partial charge < -0.3 is 15.2 Å². The van der Waals surface area contributed by atoms with Crippen molar-refractivity contribution >= 4 is 39.6 Å². The first-order valence-electron chi connectivity index (χ1n) is 8.94. The number of nitrogens with zero attached hydrogens (tertiary/aromatic N) is 1. The molecule has 0 saturated carbocycles. The van der Waals surface area contributed by atoms with Gasteiger partial charge in [-0.05, 0) is 60.7 Å². The summed E-state index contributed by atoms with van der Waals surface area (Å²) in [6.07, 6.45) is 1.29. The highest BCUT2D eigenvalue weighted by atomic mass is 79.9. The maximum absolute atomic E-state index is 13.0. The number of nitrogens with one attached hydrogen (secondary N) is 2. The Labute approximate surface area is 185 Å². The molecular weight excluding hydrogens is 469 g/mol. The number of aromatic hydroxyl groups is 1. The number of ether oxygens (including phenoxy) is 1. The van der Waals surface area contributed by atoms with Gasteiger partial charge in [0.25, 0.3) is 11.8 Å².